The number of esters is 1. The van der Waals surface area contributed by atoms with Crippen molar-refractivity contribution in [1.82, 2.24) is 10.6 Å². The van der Waals surface area contributed by atoms with E-state index in [1.165, 1.54) is 13.0 Å². The fourth-order valence-corrected chi connectivity index (χ4v) is 2.44. The molecule has 29 heavy (non-hydrogen) atoms. The molecule has 8 nitrogen and oxygen atoms in total. The van der Waals surface area contributed by atoms with E-state index in [9.17, 15) is 19.2 Å². The molecule has 3 amide bonds. The van der Waals surface area contributed by atoms with E-state index in [-0.39, 0.29) is 23.1 Å². The Morgan fingerprint density at radius 2 is 1.62 bits per heavy atom. The molecule has 3 N–H and O–H groups in total. The molecule has 0 fully saturated rings. The molecule has 0 aliphatic heterocycles. The highest BCUT2D eigenvalue weighted by molar-refractivity contribution is 6.08. The molecule has 0 aromatic heterocycles. The number of rotatable bonds is 8. The predicted molar refractivity (Wildman–Crippen MR) is 107 cm³/mol. The molecule has 0 heterocycles. The molecular formula is C21H23N3O5. The van der Waals surface area contributed by atoms with Gasteiger partial charge in [0.2, 0.25) is 5.91 Å². The summed E-state index contributed by atoms with van der Waals surface area (Å²) >= 11 is 0. The van der Waals surface area contributed by atoms with Gasteiger partial charge in [0.15, 0.2) is 6.61 Å². The van der Waals surface area contributed by atoms with Gasteiger partial charge < -0.3 is 20.7 Å². The van der Waals surface area contributed by atoms with E-state index in [4.69, 9.17) is 4.74 Å². The number of hydrogen-bond donors (Lipinski definition) is 3. The van der Waals surface area contributed by atoms with Crippen LogP contribution < -0.4 is 16.0 Å². The van der Waals surface area contributed by atoms with E-state index in [1.807, 2.05) is 0 Å². The van der Waals surface area contributed by atoms with Gasteiger partial charge in [-0.15, -0.1) is 0 Å². The van der Waals surface area contributed by atoms with E-state index in [0.717, 1.165) is 0 Å². The fraction of sp³-hybridized carbons (Fsp3) is 0.238. The Morgan fingerprint density at radius 1 is 0.966 bits per heavy atom. The molecule has 0 saturated carbocycles. The number of anilines is 1. The van der Waals surface area contributed by atoms with Crippen LogP contribution in [0.15, 0.2) is 54.6 Å². The first-order chi connectivity index (χ1) is 13.9. The fourth-order valence-electron chi connectivity index (χ4n) is 2.44. The lowest BCUT2D eigenvalue weighted by Gasteiger charge is -2.14. The van der Waals surface area contributed by atoms with Gasteiger partial charge in [0.1, 0.15) is 6.04 Å². The number of benzene rings is 2. The lowest BCUT2D eigenvalue weighted by molar-refractivity contribution is -0.130. The van der Waals surface area contributed by atoms with Crippen LogP contribution in [0.1, 0.15) is 34.6 Å². The summed E-state index contributed by atoms with van der Waals surface area (Å²) in [4.78, 5) is 48.2. The van der Waals surface area contributed by atoms with E-state index in [0.29, 0.717) is 12.1 Å². The molecule has 0 unspecified atom stereocenters. The number of hydrogen-bond acceptors (Lipinski definition) is 5. The van der Waals surface area contributed by atoms with Crippen molar-refractivity contribution in [2.75, 3.05) is 18.5 Å². The SMILES string of the molecule is CCNC(=O)[C@H](C)NC(=O)COC(=O)c1ccccc1NC(=O)c1ccccc1. The summed E-state index contributed by atoms with van der Waals surface area (Å²) in [6.07, 6.45) is 0. The Morgan fingerprint density at radius 3 is 2.31 bits per heavy atom. The third-order valence-corrected chi connectivity index (χ3v) is 3.89. The number of carbonyl (C=O) groups excluding carboxylic acids is 4. The second-order valence-corrected chi connectivity index (χ2v) is 6.13. The number of para-hydroxylation sites is 1. The third kappa shape index (κ3) is 6.46. The molecule has 1 atom stereocenters. The Balaban J connectivity index is 1.97. The Kier molecular flexibility index (Phi) is 7.90. The maximum atomic E-state index is 12.4. The quantitative estimate of drug-likeness (QED) is 0.587. The smallest absolute Gasteiger partial charge is 0.340 e. The van der Waals surface area contributed by atoms with Gasteiger partial charge in [-0.3, -0.25) is 14.4 Å². The van der Waals surface area contributed by atoms with Crippen LogP contribution in [-0.2, 0) is 14.3 Å². The maximum absolute atomic E-state index is 12.4. The van der Waals surface area contributed by atoms with Crippen LogP contribution in [0.3, 0.4) is 0 Å². The Labute approximate surface area is 168 Å². The second-order valence-electron chi connectivity index (χ2n) is 6.13. The lowest BCUT2D eigenvalue weighted by atomic mass is 10.1. The van der Waals surface area contributed by atoms with Gasteiger partial charge in [0.05, 0.1) is 11.3 Å². The number of ether oxygens (including phenoxy) is 1. The van der Waals surface area contributed by atoms with Crippen molar-refractivity contribution in [2.45, 2.75) is 19.9 Å². The van der Waals surface area contributed by atoms with Crippen molar-refractivity contribution in [3.05, 3.63) is 65.7 Å². The van der Waals surface area contributed by atoms with Gasteiger partial charge in [-0.1, -0.05) is 30.3 Å². The first-order valence-corrected chi connectivity index (χ1v) is 9.12. The molecule has 2 aromatic rings. The normalized spacial score (nSPS) is 11.1. The van der Waals surface area contributed by atoms with Crippen LogP contribution in [0.25, 0.3) is 0 Å². The van der Waals surface area contributed by atoms with Gasteiger partial charge in [-0.25, -0.2) is 4.79 Å². The van der Waals surface area contributed by atoms with Crippen molar-refractivity contribution < 1.29 is 23.9 Å². The van der Waals surface area contributed by atoms with Crippen LogP contribution in [0.2, 0.25) is 0 Å². The van der Waals surface area contributed by atoms with Crippen molar-refractivity contribution in [3.63, 3.8) is 0 Å². The van der Waals surface area contributed by atoms with Gasteiger partial charge in [-0.05, 0) is 38.1 Å². The molecule has 2 rings (SSSR count). The first kappa shape index (κ1) is 21.6. The van der Waals surface area contributed by atoms with E-state index < -0.39 is 24.5 Å². The molecule has 152 valence electrons. The lowest BCUT2D eigenvalue weighted by Crippen LogP contribution is -2.46. The molecule has 0 radical (unpaired) electrons. The van der Waals surface area contributed by atoms with Gasteiger partial charge in [0, 0.05) is 12.1 Å². The molecule has 0 aliphatic carbocycles. The van der Waals surface area contributed by atoms with E-state index in [1.54, 1.807) is 55.5 Å². The minimum absolute atomic E-state index is 0.112. The number of carbonyl (C=O) groups is 4. The van der Waals surface area contributed by atoms with E-state index in [2.05, 4.69) is 16.0 Å². The zero-order chi connectivity index (χ0) is 21.2. The molecule has 0 aliphatic rings. The van der Waals surface area contributed by atoms with Crippen molar-refractivity contribution in [3.8, 4) is 0 Å². The predicted octanol–water partition coefficient (Wildman–Crippen LogP) is 1.74. The minimum Gasteiger partial charge on any atom is -0.452 e. The topological polar surface area (TPSA) is 114 Å². The molecule has 2 aromatic carbocycles. The first-order valence-electron chi connectivity index (χ1n) is 9.12. The third-order valence-electron chi connectivity index (χ3n) is 3.89. The standard InChI is InChI=1S/C21H23N3O5/c1-3-22-19(26)14(2)23-18(25)13-29-21(28)16-11-7-8-12-17(16)24-20(27)15-9-5-4-6-10-15/h4-12,14H,3,13H2,1-2H3,(H,22,26)(H,23,25)(H,24,27)/t14-/m0/s1. The molecular weight excluding hydrogens is 374 g/mol. The number of nitrogens with one attached hydrogen (secondary N) is 3. The van der Waals surface area contributed by atoms with Gasteiger partial charge in [-0.2, -0.15) is 0 Å². The average molecular weight is 397 g/mol. The summed E-state index contributed by atoms with van der Waals surface area (Å²) in [6.45, 7) is 3.18. The van der Waals surface area contributed by atoms with Crippen molar-refractivity contribution in [2.24, 2.45) is 0 Å². The maximum Gasteiger partial charge on any atom is 0.340 e. The monoisotopic (exact) mass is 397 g/mol. The number of amides is 3. The zero-order valence-electron chi connectivity index (χ0n) is 16.2. The average Bonchev–Trinajstić information content (AvgIpc) is 2.73. The minimum atomic E-state index is -0.769. The molecule has 0 bridgehead atoms. The molecule has 0 saturated heterocycles. The summed E-state index contributed by atoms with van der Waals surface area (Å²) < 4.78 is 5.02. The molecule has 8 heteroatoms. The van der Waals surface area contributed by atoms with E-state index >= 15 is 0 Å². The zero-order valence-corrected chi connectivity index (χ0v) is 16.2. The molecule has 0 spiro atoms. The highest BCUT2D eigenvalue weighted by atomic mass is 16.5. The summed E-state index contributed by atoms with van der Waals surface area (Å²) in [5.41, 5.74) is 0.818. The summed E-state index contributed by atoms with van der Waals surface area (Å²) in [5, 5.41) is 7.68. The summed E-state index contributed by atoms with van der Waals surface area (Å²) in [7, 11) is 0. The van der Waals surface area contributed by atoms with Gasteiger partial charge >= 0.3 is 5.97 Å². The van der Waals surface area contributed by atoms with Crippen LogP contribution in [0, 0.1) is 0 Å². The highest BCUT2D eigenvalue weighted by Gasteiger charge is 2.18. The number of likely N-dealkylation sites (N-methyl/N-ethyl adjacent to an activating group) is 1. The van der Waals surface area contributed by atoms with Gasteiger partial charge in [0.25, 0.3) is 11.8 Å². The van der Waals surface area contributed by atoms with Crippen molar-refractivity contribution >= 4 is 29.4 Å². The Bertz CT molecular complexity index is 883. The van der Waals surface area contributed by atoms with Crippen molar-refractivity contribution in [1.29, 1.82) is 0 Å². The van der Waals surface area contributed by atoms with Crippen LogP contribution in [0.4, 0.5) is 5.69 Å². The summed E-state index contributed by atoms with van der Waals surface area (Å²) in [5.74, 6) is -2.09. The second kappa shape index (κ2) is 10.6. The summed E-state index contributed by atoms with van der Waals surface area (Å²) in [6, 6.07) is 14.1. The van der Waals surface area contributed by atoms with Crippen LogP contribution in [0.5, 0.6) is 0 Å². The largest absolute Gasteiger partial charge is 0.452 e. The van der Waals surface area contributed by atoms with Crippen LogP contribution >= 0.6 is 0 Å². The highest BCUT2D eigenvalue weighted by Crippen LogP contribution is 2.17. The van der Waals surface area contributed by atoms with Crippen LogP contribution in [-0.4, -0.2) is 42.9 Å². The Hall–Kier alpha value is -3.68.